The second-order valence-corrected chi connectivity index (χ2v) is 11.0. The normalized spacial score (nSPS) is 12.5. The molecule has 0 aromatic carbocycles. The van der Waals surface area contributed by atoms with Crippen LogP contribution in [0.2, 0.25) is 0 Å². The van der Waals surface area contributed by atoms with Gasteiger partial charge in [-0.1, -0.05) is 34.6 Å². The third kappa shape index (κ3) is 24.6. The van der Waals surface area contributed by atoms with Crippen molar-refractivity contribution in [3.63, 3.8) is 0 Å². The molecule has 1 unspecified atom stereocenters. The molecule has 0 saturated heterocycles. The number of rotatable bonds is 10. The Morgan fingerprint density at radius 2 is 0.958 bits per heavy atom. The Hall–Kier alpha value is 0.300. The zero-order valence-electron chi connectivity index (χ0n) is 16.1. The monoisotopic (exact) mass is 390 g/mol. The molecule has 24 heavy (non-hydrogen) atoms. The molecule has 0 spiro atoms. The number of hydrogen-bond donors (Lipinski definition) is 4. The molecule has 0 heterocycles. The van der Waals surface area contributed by atoms with E-state index >= 15 is 0 Å². The van der Waals surface area contributed by atoms with Crippen molar-refractivity contribution in [2.75, 3.05) is 31.3 Å². The summed E-state index contributed by atoms with van der Waals surface area (Å²) in [5, 5.41) is 16.5. The van der Waals surface area contributed by atoms with E-state index in [1.54, 1.807) is 0 Å². The molecule has 6 nitrogen and oxygen atoms in total. The standard InChI is InChI=1S/2C6H15O2P.C4H10O2/c2*1-3-5-9(7,8)6-4-2;1-2-4(6)3-5/h2*3-6H2,1-2H3,(H,7,8);4-6H,2-3H2,1H3. The van der Waals surface area contributed by atoms with Crippen molar-refractivity contribution < 1.29 is 29.1 Å². The van der Waals surface area contributed by atoms with Gasteiger partial charge in [0.1, 0.15) is 0 Å². The average molecular weight is 390 g/mol. The fourth-order valence-electron chi connectivity index (χ4n) is 1.75. The molecular weight excluding hydrogens is 350 g/mol. The predicted octanol–water partition coefficient (Wildman–Crippen LogP) is 3.90. The van der Waals surface area contributed by atoms with Gasteiger partial charge in [-0.05, 0) is 32.1 Å². The maximum atomic E-state index is 11.0. The smallest absolute Gasteiger partial charge is 0.200 e. The van der Waals surface area contributed by atoms with E-state index in [1.165, 1.54) is 0 Å². The zero-order chi connectivity index (χ0) is 19.6. The molecule has 0 saturated carbocycles. The fraction of sp³-hybridized carbons (Fsp3) is 1.00. The van der Waals surface area contributed by atoms with Crippen molar-refractivity contribution in [1.82, 2.24) is 0 Å². The summed E-state index contributed by atoms with van der Waals surface area (Å²) in [6.07, 6.45) is 5.33. The molecule has 0 aromatic rings. The summed E-state index contributed by atoms with van der Waals surface area (Å²) in [4.78, 5) is 18.1. The Bertz CT molecular complexity index is 297. The van der Waals surface area contributed by atoms with Gasteiger partial charge in [0, 0.05) is 24.6 Å². The van der Waals surface area contributed by atoms with Crippen LogP contribution in [0.25, 0.3) is 0 Å². The van der Waals surface area contributed by atoms with E-state index in [-0.39, 0.29) is 6.61 Å². The van der Waals surface area contributed by atoms with Crippen LogP contribution in [0.1, 0.15) is 66.7 Å². The largest absolute Gasteiger partial charge is 0.394 e. The van der Waals surface area contributed by atoms with E-state index in [1.807, 2.05) is 34.6 Å². The van der Waals surface area contributed by atoms with Gasteiger partial charge in [-0.3, -0.25) is 9.13 Å². The minimum atomic E-state index is -2.69. The third-order valence-corrected chi connectivity index (χ3v) is 7.56. The van der Waals surface area contributed by atoms with Crippen molar-refractivity contribution in [2.45, 2.75) is 72.8 Å². The topological polar surface area (TPSA) is 115 Å². The Balaban J connectivity index is -0.000000282. The highest BCUT2D eigenvalue weighted by molar-refractivity contribution is 7.58. The van der Waals surface area contributed by atoms with Crippen LogP contribution < -0.4 is 0 Å². The van der Waals surface area contributed by atoms with Crippen LogP contribution in [-0.4, -0.2) is 57.4 Å². The van der Waals surface area contributed by atoms with Crippen molar-refractivity contribution in [1.29, 1.82) is 0 Å². The minimum Gasteiger partial charge on any atom is -0.394 e. The van der Waals surface area contributed by atoms with E-state index in [0.29, 0.717) is 31.1 Å². The Labute approximate surface area is 148 Å². The Kier molecular flexibility index (Phi) is 21.9. The molecule has 0 aromatic heterocycles. The summed E-state index contributed by atoms with van der Waals surface area (Å²) in [7, 11) is -5.39. The molecule has 0 bridgehead atoms. The SMILES string of the molecule is CCC(O)CO.CCCP(=O)(O)CCC.CCCP(=O)(O)CCC. The molecule has 0 aliphatic rings. The molecule has 1 atom stereocenters. The average Bonchev–Trinajstić information content (AvgIpc) is 2.47. The molecule has 0 rings (SSSR count). The molecule has 0 fully saturated rings. The molecule has 0 aliphatic carbocycles. The Morgan fingerprint density at radius 3 is 1.04 bits per heavy atom. The second-order valence-electron chi connectivity index (χ2n) is 5.83. The molecular formula is C16H40O6P2. The van der Waals surface area contributed by atoms with Crippen molar-refractivity contribution in [3.8, 4) is 0 Å². The van der Waals surface area contributed by atoms with Gasteiger partial charge < -0.3 is 20.0 Å². The summed E-state index contributed by atoms with van der Waals surface area (Å²) < 4.78 is 21.9. The molecule has 4 N–H and O–H groups in total. The van der Waals surface area contributed by atoms with Gasteiger partial charge in [-0.2, -0.15) is 0 Å². The van der Waals surface area contributed by atoms with Crippen molar-refractivity contribution >= 4 is 14.7 Å². The highest BCUT2D eigenvalue weighted by Crippen LogP contribution is 2.41. The maximum absolute atomic E-state index is 11.0. The summed E-state index contributed by atoms with van der Waals surface area (Å²) in [5.74, 6) is 0. The quantitative estimate of drug-likeness (QED) is 0.421. The summed E-state index contributed by atoms with van der Waals surface area (Å²) in [6, 6.07) is 0. The van der Waals surface area contributed by atoms with Crippen LogP contribution in [0, 0.1) is 0 Å². The van der Waals surface area contributed by atoms with Gasteiger partial charge in [0.2, 0.25) is 14.7 Å². The van der Waals surface area contributed by atoms with Crippen LogP contribution in [0.5, 0.6) is 0 Å². The molecule has 0 radical (unpaired) electrons. The van der Waals surface area contributed by atoms with Gasteiger partial charge in [-0.15, -0.1) is 0 Å². The van der Waals surface area contributed by atoms with E-state index in [4.69, 9.17) is 20.0 Å². The predicted molar refractivity (Wildman–Crippen MR) is 104 cm³/mol. The van der Waals surface area contributed by atoms with Crippen molar-refractivity contribution in [3.05, 3.63) is 0 Å². The van der Waals surface area contributed by atoms with Crippen LogP contribution >= 0.6 is 14.7 Å². The van der Waals surface area contributed by atoms with Crippen LogP contribution in [0.15, 0.2) is 0 Å². The molecule has 0 amide bonds. The molecule has 8 heteroatoms. The second kappa shape index (κ2) is 18.1. The fourth-order valence-corrected chi connectivity index (χ4v) is 4.99. The van der Waals surface area contributed by atoms with Crippen LogP contribution in [-0.2, 0) is 9.13 Å². The summed E-state index contributed by atoms with van der Waals surface area (Å²) in [5.41, 5.74) is 0. The lowest BCUT2D eigenvalue weighted by molar-refractivity contribution is 0.0923. The van der Waals surface area contributed by atoms with Crippen LogP contribution in [0.3, 0.4) is 0 Å². The number of aliphatic hydroxyl groups excluding tert-OH is 2. The highest BCUT2D eigenvalue weighted by atomic mass is 31.2. The number of aliphatic hydroxyl groups is 2. The van der Waals surface area contributed by atoms with Gasteiger partial charge in [0.25, 0.3) is 0 Å². The van der Waals surface area contributed by atoms with Gasteiger partial charge in [-0.25, -0.2) is 0 Å². The van der Waals surface area contributed by atoms with Crippen LogP contribution in [0.4, 0.5) is 0 Å². The first-order valence-electron chi connectivity index (χ1n) is 8.96. The maximum Gasteiger partial charge on any atom is 0.200 e. The first kappa shape index (κ1) is 29.1. The van der Waals surface area contributed by atoms with E-state index in [2.05, 4.69) is 0 Å². The van der Waals surface area contributed by atoms with Crippen molar-refractivity contribution in [2.24, 2.45) is 0 Å². The highest BCUT2D eigenvalue weighted by Gasteiger charge is 2.14. The van der Waals surface area contributed by atoms with E-state index in [0.717, 1.165) is 25.7 Å². The van der Waals surface area contributed by atoms with E-state index in [9.17, 15) is 9.13 Å². The summed E-state index contributed by atoms with van der Waals surface area (Å²) in [6.45, 7) is 9.42. The lowest BCUT2D eigenvalue weighted by Gasteiger charge is -2.06. The zero-order valence-corrected chi connectivity index (χ0v) is 17.9. The van der Waals surface area contributed by atoms with Gasteiger partial charge in [0.15, 0.2) is 0 Å². The number of hydrogen-bond acceptors (Lipinski definition) is 4. The van der Waals surface area contributed by atoms with Gasteiger partial charge >= 0.3 is 0 Å². The lowest BCUT2D eigenvalue weighted by Crippen LogP contribution is -2.08. The van der Waals surface area contributed by atoms with E-state index < -0.39 is 20.8 Å². The first-order valence-corrected chi connectivity index (χ1v) is 13.0. The minimum absolute atomic E-state index is 0.115. The third-order valence-electron chi connectivity index (χ3n) is 2.97. The molecule has 0 aliphatic heterocycles. The summed E-state index contributed by atoms with van der Waals surface area (Å²) >= 11 is 0. The first-order chi connectivity index (χ1) is 11.1. The lowest BCUT2D eigenvalue weighted by atomic mass is 10.3. The molecule has 150 valence electrons. The van der Waals surface area contributed by atoms with Gasteiger partial charge in [0.05, 0.1) is 12.7 Å². The Morgan fingerprint density at radius 1 is 0.708 bits per heavy atom.